The normalized spacial score (nSPS) is 11.1. The number of unbranched alkanes of at least 4 members (excludes halogenated alkanes) is 2. The van der Waals surface area contributed by atoms with Gasteiger partial charge in [0.2, 0.25) is 11.0 Å². The quantitative estimate of drug-likeness (QED) is 0.471. The van der Waals surface area contributed by atoms with Crippen LogP contribution >= 0.6 is 11.3 Å². The van der Waals surface area contributed by atoms with E-state index >= 15 is 0 Å². The molecule has 27 heavy (non-hydrogen) atoms. The van der Waals surface area contributed by atoms with Gasteiger partial charge in [-0.2, -0.15) is 8.78 Å². The number of carbonyl (C=O) groups excluding carboxylic acids is 1. The Morgan fingerprint density at radius 2 is 2.15 bits per heavy atom. The molecule has 1 amide bonds. The lowest BCUT2D eigenvalue weighted by Crippen LogP contribution is -2.08. The molecule has 1 aromatic heterocycles. The van der Waals surface area contributed by atoms with E-state index in [0.717, 1.165) is 30.7 Å². The number of carbonyl (C=O) groups is 1. The van der Waals surface area contributed by atoms with E-state index in [2.05, 4.69) is 27.2 Å². The first-order valence-electron chi connectivity index (χ1n) is 8.46. The molecule has 0 bridgehead atoms. The van der Waals surface area contributed by atoms with Gasteiger partial charge in [0.1, 0.15) is 5.01 Å². The van der Waals surface area contributed by atoms with Crippen molar-refractivity contribution < 1.29 is 23.0 Å². The molecule has 1 aromatic carbocycles. The lowest BCUT2D eigenvalue weighted by atomic mass is 10.1. The summed E-state index contributed by atoms with van der Waals surface area (Å²) in [4.78, 5) is 12.1. The van der Waals surface area contributed by atoms with Crippen LogP contribution in [0.25, 0.3) is 6.08 Å². The van der Waals surface area contributed by atoms with Crippen LogP contribution in [0.1, 0.15) is 36.8 Å². The van der Waals surface area contributed by atoms with Crippen LogP contribution in [0.2, 0.25) is 0 Å². The van der Waals surface area contributed by atoms with E-state index in [0.29, 0.717) is 10.7 Å². The average molecular weight is 397 g/mol. The van der Waals surface area contributed by atoms with Crippen LogP contribution in [0, 0.1) is 0 Å². The minimum absolute atomic E-state index is 0.131. The van der Waals surface area contributed by atoms with Crippen molar-refractivity contribution in [3.63, 3.8) is 0 Å². The first kappa shape index (κ1) is 20.8. The van der Waals surface area contributed by atoms with Crippen molar-refractivity contribution in [2.75, 3.05) is 12.4 Å². The predicted octanol–water partition coefficient (Wildman–Crippen LogP) is 4.53. The van der Waals surface area contributed by atoms with Crippen LogP contribution < -0.4 is 14.8 Å². The Morgan fingerprint density at radius 3 is 2.85 bits per heavy atom. The number of anilines is 1. The summed E-state index contributed by atoms with van der Waals surface area (Å²) in [6.07, 6.45) is 6.68. The summed E-state index contributed by atoms with van der Waals surface area (Å²) in [6.45, 7) is -0.882. The summed E-state index contributed by atoms with van der Waals surface area (Å²) >= 11 is 1.32. The van der Waals surface area contributed by atoms with Gasteiger partial charge in [-0.15, -0.1) is 10.2 Å². The zero-order valence-electron chi connectivity index (χ0n) is 15.1. The number of para-hydroxylation sites is 1. The minimum Gasteiger partial charge on any atom is -0.493 e. The predicted molar refractivity (Wildman–Crippen MR) is 100 cm³/mol. The van der Waals surface area contributed by atoms with Gasteiger partial charge in [-0.05, 0) is 18.6 Å². The molecule has 6 nitrogen and oxygen atoms in total. The number of nitrogens with zero attached hydrogens (tertiary/aromatic N) is 2. The van der Waals surface area contributed by atoms with Crippen molar-refractivity contribution in [3.8, 4) is 11.5 Å². The molecule has 0 unspecified atom stereocenters. The van der Waals surface area contributed by atoms with Gasteiger partial charge >= 0.3 is 6.61 Å². The van der Waals surface area contributed by atoms with E-state index in [-0.39, 0.29) is 11.5 Å². The largest absolute Gasteiger partial charge is 0.493 e. The molecule has 9 heteroatoms. The topological polar surface area (TPSA) is 73.3 Å². The number of halogens is 2. The molecule has 0 atom stereocenters. The summed E-state index contributed by atoms with van der Waals surface area (Å²) in [5.74, 6) is -0.427. The Hall–Kier alpha value is -2.55. The molecule has 1 heterocycles. The van der Waals surface area contributed by atoms with E-state index in [1.165, 1.54) is 36.7 Å². The van der Waals surface area contributed by atoms with Crippen LogP contribution in [-0.2, 0) is 11.2 Å². The van der Waals surface area contributed by atoms with Crippen molar-refractivity contribution in [1.29, 1.82) is 0 Å². The third kappa shape index (κ3) is 6.59. The first-order chi connectivity index (χ1) is 13.0. The highest BCUT2D eigenvalue weighted by Gasteiger charge is 2.14. The molecule has 0 aliphatic carbocycles. The van der Waals surface area contributed by atoms with Crippen LogP contribution in [0.15, 0.2) is 24.3 Å². The standard InChI is InChI=1S/C18H21F2N3O3S/c1-3-4-5-9-15-22-23-18(27-15)21-14(24)11-10-12-7-6-8-13(25-2)16(12)26-17(19)20/h6-8,10-11,17H,3-5,9H2,1-2H3,(H,21,23,24)/b11-10+. The van der Waals surface area contributed by atoms with Crippen molar-refractivity contribution in [2.45, 2.75) is 39.2 Å². The smallest absolute Gasteiger partial charge is 0.387 e. The van der Waals surface area contributed by atoms with E-state index in [1.54, 1.807) is 12.1 Å². The monoisotopic (exact) mass is 397 g/mol. The Balaban J connectivity index is 2.02. The number of hydrogen-bond acceptors (Lipinski definition) is 6. The number of methoxy groups -OCH3 is 1. The summed E-state index contributed by atoms with van der Waals surface area (Å²) in [5.41, 5.74) is 0.294. The number of aryl methyl sites for hydroxylation is 1. The number of benzene rings is 1. The zero-order valence-corrected chi connectivity index (χ0v) is 15.9. The van der Waals surface area contributed by atoms with Gasteiger partial charge in [0.25, 0.3) is 0 Å². The number of rotatable bonds is 10. The minimum atomic E-state index is -3.00. The fourth-order valence-electron chi connectivity index (χ4n) is 2.28. The third-order valence-electron chi connectivity index (χ3n) is 3.54. The van der Waals surface area contributed by atoms with Crippen molar-refractivity contribution >= 4 is 28.5 Å². The fraction of sp³-hybridized carbons (Fsp3) is 0.389. The molecule has 0 saturated carbocycles. The van der Waals surface area contributed by atoms with E-state index in [1.807, 2.05) is 0 Å². The molecule has 0 aliphatic heterocycles. The molecule has 0 aliphatic rings. The number of alkyl halides is 2. The highest BCUT2D eigenvalue weighted by atomic mass is 32.1. The van der Waals surface area contributed by atoms with E-state index in [4.69, 9.17) is 4.74 Å². The third-order valence-corrected chi connectivity index (χ3v) is 4.44. The summed E-state index contributed by atoms with van der Waals surface area (Å²) in [7, 11) is 1.35. The Bertz CT molecular complexity index is 781. The Morgan fingerprint density at radius 1 is 1.33 bits per heavy atom. The van der Waals surface area contributed by atoms with Gasteiger partial charge in [-0.1, -0.05) is 43.2 Å². The molecule has 2 aromatic rings. The van der Waals surface area contributed by atoms with Crippen molar-refractivity contribution in [1.82, 2.24) is 10.2 Å². The van der Waals surface area contributed by atoms with Gasteiger partial charge in [0.15, 0.2) is 11.5 Å². The number of ether oxygens (including phenoxy) is 2. The van der Waals surface area contributed by atoms with Crippen LogP contribution in [0.3, 0.4) is 0 Å². The number of nitrogens with one attached hydrogen (secondary N) is 1. The van der Waals surface area contributed by atoms with Gasteiger partial charge < -0.3 is 9.47 Å². The molecule has 0 spiro atoms. The maximum atomic E-state index is 12.6. The molecule has 0 saturated heterocycles. The zero-order chi connectivity index (χ0) is 19.6. The molecule has 2 rings (SSSR count). The second-order valence-electron chi connectivity index (χ2n) is 5.54. The number of amides is 1. The van der Waals surface area contributed by atoms with Gasteiger partial charge in [0.05, 0.1) is 7.11 Å². The number of aromatic nitrogens is 2. The molecular weight excluding hydrogens is 376 g/mol. The highest BCUT2D eigenvalue weighted by Crippen LogP contribution is 2.33. The summed E-state index contributed by atoms with van der Waals surface area (Å²) in [5, 5.41) is 11.8. The lowest BCUT2D eigenvalue weighted by molar-refractivity contribution is -0.111. The molecular formula is C18H21F2N3O3S. The van der Waals surface area contributed by atoms with Crippen LogP contribution in [-0.4, -0.2) is 29.8 Å². The Labute approximate surface area is 160 Å². The van der Waals surface area contributed by atoms with Crippen LogP contribution in [0.5, 0.6) is 11.5 Å². The maximum Gasteiger partial charge on any atom is 0.387 e. The second kappa shape index (κ2) is 10.6. The number of hydrogen-bond donors (Lipinski definition) is 1. The average Bonchev–Trinajstić information content (AvgIpc) is 3.07. The SMILES string of the molecule is CCCCCc1nnc(NC(=O)/C=C/c2cccc(OC)c2OC(F)F)s1. The molecule has 0 fully saturated rings. The fourth-order valence-corrected chi connectivity index (χ4v) is 3.07. The second-order valence-corrected chi connectivity index (χ2v) is 6.60. The van der Waals surface area contributed by atoms with Crippen molar-refractivity contribution in [3.05, 3.63) is 34.8 Å². The molecule has 1 N–H and O–H groups in total. The highest BCUT2D eigenvalue weighted by molar-refractivity contribution is 7.15. The summed E-state index contributed by atoms with van der Waals surface area (Å²) in [6, 6.07) is 4.65. The van der Waals surface area contributed by atoms with E-state index in [9.17, 15) is 13.6 Å². The molecule has 146 valence electrons. The summed E-state index contributed by atoms with van der Waals surface area (Å²) < 4.78 is 34.8. The first-order valence-corrected chi connectivity index (χ1v) is 9.28. The van der Waals surface area contributed by atoms with Crippen molar-refractivity contribution in [2.24, 2.45) is 0 Å². The lowest BCUT2D eigenvalue weighted by Gasteiger charge is -2.12. The van der Waals surface area contributed by atoms with Gasteiger partial charge in [-0.3, -0.25) is 10.1 Å². The van der Waals surface area contributed by atoms with Gasteiger partial charge in [0, 0.05) is 18.1 Å². The van der Waals surface area contributed by atoms with Crippen LogP contribution in [0.4, 0.5) is 13.9 Å². The maximum absolute atomic E-state index is 12.6. The Kier molecular flexibility index (Phi) is 8.12. The molecule has 0 radical (unpaired) electrons. The van der Waals surface area contributed by atoms with Gasteiger partial charge in [-0.25, -0.2) is 0 Å². The van der Waals surface area contributed by atoms with E-state index < -0.39 is 12.5 Å².